The van der Waals surface area contributed by atoms with Gasteiger partial charge >= 0.3 is 7.32 Å². The topological polar surface area (TPSA) is 56.2 Å². The first-order chi connectivity index (χ1) is 8.25. The Bertz CT molecular complexity index is 329. The number of hydrogen-bond acceptors (Lipinski definition) is 5. The van der Waals surface area contributed by atoms with Crippen molar-refractivity contribution >= 4 is 13.0 Å². The average molecular weight is 236 g/mol. The lowest BCUT2D eigenvalue weighted by molar-refractivity contribution is 0.0759. The molecule has 17 heavy (non-hydrogen) atoms. The summed E-state index contributed by atoms with van der Waals surface area (Å²) in [5, 5.41) is 17.2. The summed E-state index contributed by atoms with van der Waals surface area (Å²) < 4.78 is 4.74. The van der Waals surface area contributed by atoms with Crippen LogP contribution in [0, 0.1) is 0 Å². The average Bonchev–Trinajstić information content (AvgIpc) is 2.38. The van der Waals surface area contributed by atoms with Crippen LogP contribution in [0.25, 0.3) is 0 Å². The third-order valence-corrected chi connectivity index (χ3v) is 2.90. The van der Waals surface area contributed by atoms with Crippen molar-refractivity contribution in [1.82, 2.24) is 4.90 Å². The molecular weight excluding hydrogens is 219 g/mol. The fourth-order valence-corrected chi connectivity index (χ4v) is 1.95. The molecule has 0 aromatic heterocycles. The highest BCUT2D eigenvalue weighted by Crippen LogP contribution is 2.15. The van der Waals surface area contributed by atoms with Gasteiger partial charge in [0.25, 0.3) is 0 Å². The highest BCUT2D eigenvalue weighted by Gasteiger charge is 2.18. The Labute approximate surface area is 101 Å². The second-order valence-electron chi connectivity index (χ2n) is 4.06. The number of hydrogen-bond donors (Lipinski definition) is 2. The molecule has 92 valence electrons. The van der Waals surface area contributed by atoms with Gasteiger partial charge in [-0.15, -0.1) is 0 Å². The van der Waals surface area contributed by atoms with Gasteiger partial charge in [0.1, 0.15) is 0 Å². The maximum Gasteiger partial charge on any atom is 0.634 e. The standard InChI is InChI=1S/C11H17BN2O3/c15-12(16)17-10-13-6-8-14(9-7-13)11-4-2-1-3-5-11/h1-5,15-16H,6-10H2. The normalized spacial score (nSPS) is 17.2. The summed E-state index contributed by atoms with van der Waals surface area (Å²) in [5.41, 5.74) is 1.23. The second-order valence-corrected chi connectivity index (χ2v) is 4.06. The zero-order chi connectivity index (χ0) is 12.1. The SMILES string of the molecule is OB(O)OCN1CCN(c2ccccc2)CC1. The largest absolute Gasteiger partial charge is 0.634 e. The van der Waals surface area contributed by atoms with Crippen molar-refractivity contribution in [1.29, 1.82) is 0 Å². The monoisotopic (exact) mass is 236 g/mol. The van der Waals surface area contributed by atoms with Crippen LogP contribution in [-0.4, -0.2) is 55.2 Å². The Hall–Kier alpha value is -1.08. The molecule has 0 atom stereocenters. The second kappa shape index (κ2) is 6.02. The van der Waals surface area contributed by atoms with E-state index in [0.29, 0.717) is 0 Å². The van der Waals surface area contributed by atoms with E-state index < -0.39 is 7.32 Å². The van der Waals surface area contributed by atoms with E-state index in [1.807, 2.05) is 18.2 Å². The molecule has 0 spiro atoms. The van der Waals surface area contributed by atoms with Gasteiger partial charge in [0.05, 0.1) is 6.73 Å². The molecule has 5 nitrogen and oxygen atoms in total. The van der Waals surface area contributed by atoms with Gasteiger partial charge in [0.2, 0.25) is 0 Å². The molecule has 0 saturated carbocycles. The fraction of sp³-hybridized carbons (Fsp3) is 0.455. The van der Waals surface area contributed by atoms with Gasteiger partial charge < -0.3 is 19.6 Å². The van der Waals surface area contributed by atoms with Crippen molar-refractivity contribution in [2.24, 2.45) is 0 Å². The van der Waals surface area contributed by atoms with E-state index in [9.17, 15) is 0 Å². The number of para-hydroxylation sites is 1. The minimum absolute atomic E-state index is 0.264. The summed E-state index contributed by atoms with van der Waals surface area (Å²) >= 11 is 0. The first-order valence-corrected chi connectivity index (χ1v) is 5.76. The minimum Gasteiger partial charge on any atom is -0.402 e. The molecule has 2 rings (SSSR count). The maximum absolute atomic E-state index is 8.61. The molecule has 1 saturated heterocycles. The van der Waals surface area contributed by atoms with E-state index in [4.69, 9.17) is 14.7 Å². The van der Waals surface area contributed by atoms with Crippen molar-refractivity contribution in [3.05, 3.63) is 30.3 Å². The molecule has 0 bridgehead atoms. The van der Waals surface area contributed by atoms with E-state index in [0.717, 1.165) is 26.2 Å². The van der Waals surface area contributed by atoms with E-state index in [2.05, 4.69) is 21.9 Å². The Kier molecular flexibility index (Phi) is 4.39. The first kappa shape index (κ1) is 12.4. The summed E-state index contributed by atoms with van der Waals surface area (Å²) in [6.07, 6.45) is 0. The zero-order valence-corrected chi connectivity index (χ0v) is 9.70. The molecule has 1 heterocycles. The zero-order valence-electron chi connectivity index (χ0n) is 9.70. The van der Waals surface area contributed by atoms with Crippen LogP contribution in [0.15, 0.2) is 30.3 Å². The van der Waals surface area contributed by atoms with Gasteiger partial charge in [-0.25, -0.2) is 0 Å². The third-order valence-electron chi connectivity index (χ3n) is 2.90. The van der Waals surface area contributed by atoms with Crippen molar-refractivity contribution in [2.45, 2.75) is 0 Å². The van der Waals surface area contributed by atoms with Crippen LogP contribution >= 0.6 is 0 Å². The first-order valence-electron chi connectivity index (χ1n) is 5.76. The molecule has 2 N–H and O–H groups in total. The number of benzene rings is 1. The van der Waals surface area contributed by atoms with Crippen molar-refractivity contribution in [2.75, 3.05) is 37.8 Å². The van der Waals surface area contributed by atoms with Crippen LogP contribution in [0.5, 0.6) is 0 Å². The number of nitrogens with zero attached hydrogens (tertiary/aromatic N) is 2. The molecule has 1 aromatic rings. The lowest BCUT2D eigenvalue weighted by Crippen LogP contribution is -2.47. The molecule has 1 aliphatic rings. The number of rotatable bonds is 4. The minimum atomic E-state index is -1.68. The summed E-state index contributed by atoms with van der Waals surface area (Å²) in [7, 11) is -1.68. The van der Waals surface area contributed by atoms with E-state index in [-0.39, 0.29) is 6.73 Å². The van der Waals surface area contributed by atoms with Crippen molar-refractivity contribution in [3.63, 3.8) is 0 Å². The molecule has 0 radical (unpaired) electrons. The maximum atomic E-state index is 8.61. The Morgan fingerprint density at radius 1 is 1.06 bits per heavy atom. The third kappa shape index (κ3) is 3.71. The smallest absolute Gasteiger partial charge is 0.402 e. The van der Waals surface area contributed by atoms with E-state index in [1.54, 1.807) is 0 Å². The highest BCUT2D eigenvalue weighted by atomic mass is 16.6. The van der Waals surface area contributed by atoms with Gasteiger partial charge in [0.15, 0.2) is 0 Å². The Morgan fingerprint density at radius 3 is 2.29 bits per heavy atom. The molecule has 1 fully saturated rings. The van der Waals surface area contributed by atoms with Gasteiger partial charge in [-0.3, -0.25) is 4.90 Å². The molecule has 6 heteroatoms. The van der Waals surface area contributed by atoms with Crippen LogP contribution in [0.1, 0.15) is 0 Å². The van der Waals surface area contributed by atoms with Crippen molar-refractivity contribution in [3.8, 4) is 0 Å². The molecule has 1 aromatic carbocycles. The van der Waals surface area contributed by atoms with Crippen LogP contribution in [0.4, 0.5) is 5.69 Å². The highest BCUT2D eigenvalue weighted by molar-refractivity contribution is 6.32. The van der Waals surface area contributed by atoms with Gasteiger partial charge in [0, 0.05) is 31.9 Å². The van der Waals surface area contributed by atoms with Crippen LogP contribution in [0.2, 0.25) is 0 Å². The van der Waals surface area contributed by atoms with Crippen LogP contribution < -0.4 is 4.90 Å². The summed E-state index contributed by atoms with van der Waals surface area (Å²) in [4.78, 5) is 4.37. The van der Waals surface area contributed by atoms with Crippen LogP contribution in [0.3, 0.4) is 0 Å². The number of anilines is 1. The Balaban J connectivity index is 1.78. The van der Waals surface area contributed by atoms with Gasteiger partial charge in [-0.05, 0) is 12.1 Å². The molecular formula is C11H17BN2O3. The Morgan fingerprint density at radius 2 is 1.71 bits per heavy atom. The molecule has 0 amide bonds. The van der Waals surface area contributed by atoms with Gasteiger partial charge in [-0.2, -0.15) is 0 Å². The van der Waals surface area contributed by atoms with Crippen molar-refractivity contribution < 1.29 is 14.7 Å². The fourth-order valence-electron chi connectivity index (χ4n) is 1.95. The predicted octanol–water partition coefficient (Wildman–Crippen LogP) is -0.248. The lowest BCUT2D eigenvalue weighted by Gasteiger charge is -2.35. The quantitative estimate of drug-likeness (QED) is 0.706. The molecule has 1 aliphatic heterocycles. The van der Waals surface area contributed by atoms with Gasteiger partial charge in [-0.1, -0.05) is 18.2 Å². The summed E-state index contributed by atoms with van der Waals surface area (Å²) in [5.74, 6) is 0. The lowest BCUT2D eigenvalue weighted by atomic mass is 10.2. The summed E-state index contributed by atoms with van der Waals surface area (Å²) in [6, 6.07) is 10.3. The van der Waals surface area contributed by atoms with E-state index in [1.165, 1.54) is 5.69 Å². The summed E-state index contributed by atoms with van der Waals surface area (Å²) in [6.45, 7) is 3.84. The molecule has 0 aliphatic carbocycles. The predicted molar refractivity (Wildman–Crippen MR) is 66.4 cm³/mol. The van der Waals surface area contributed by atoms with E-state index >= 15 is 0 Å². The number of piperazine rings is 1. The van der Waals surface area contributed by atoms with Crippen LogP contribution in [-0.2, 0) is 4.65 Å². The molecule has 0 unspecified atom stereocenters.